The molecule has 1 aliphatic rings. The van der Waals surface area contributed by atoms with Crippen LogP contribution in [-0.2, 0) is 4.74 Å². The van der Waals surface area contributed by atoms with Gasteiger partial charge >= 0.3 is 0 Å². The van der Waals surface area contributed by atoms with E-state index in [-0.39, 0.29) is 12.0 Å². The summed E-state index contributed by atoms with van der Waals surface area (Å²) in [5, 5.41) is 0. The second-order valence-corrected chi connectivity index (χ2v) is 6.61. The summed E-state index contributed by atoms with van der Waals surface area (Å²) < 4.78 is 7.79. The van der Waals surface area contributed by atoms with Gasteiger partial charge in [0.05, 0.1) is 18.8 Å². The number of aromatic nitrogens is 4. The Labute approximate surface area is 151 Å². The molecule has 1 amide bonds. The number of pyridine rings is 1. The Balaban J connectivity index is 1.58. The monoisotopic (exact) mass is 351 g/mol. The maximum absolute atomic E-state index is 13.0. The van der Waals surface area contributed by atoms with Crippen LogP contribution in [0.3, 0.4) is 0 Å². The number of hydrogen-bond acceptors (Lipinski definition) is 5. The number of aryl methyl sites for hydroxylation is 3. The summed E-state index contributed by atoms with van der Waals surface area (Å²) in [4.78, 5) is 28.0. The van der Waals surface area contributed by atoms with Gasteiger partial charge in [0, 0.05) is 24.1 Å². The van der Waals surface area contributed by atoms with Crippen molar-refractivity contribution in [1.29, 1.82) is 0 Å². The van der Waals surface area contributed by atoms with Gasteiger partial charge in [-0.3, -0.25) is 4.79 Å². The van der Waals surface area contributed by atoms with Crippen molar-refractivity contribution in [3.05, 3.63) is 59.1 Å². The van der Waals surface area contributed by atoms with Gasteiger partial charge in [-0.25, -0.2) is 15.0 Å². The van der Waals surface area contributed by atoms with Gasteiger partial charge < -0.3 is 14.0 Å². The molecule has 0 radical (unpaired) electrons. The van der Waals surface area contributed by atoms with E-state index in [2.05, 4.69) is 15.0 Å². The summed E-state index contributed by atoms with van der Waals surface area (Å²) in [6, 6.07) is 7.75. The summed E-state index contributed by atoms with van der Waals surface area (Å²) in [7, 11) is 0. The van der Waals surface area contributed by atoms with Gasteiger partial charge in [-0.1, -0.05) is 6.07 Å². The lowest BCUT2D eigenvalue weighted by molar-refractivity contribution is -0.0250. The lowest BCUT2D eigenvalue weighted by atomic mass is 10.1. The van der Waals surface area contributed by atoms with Gasteiger partial charge in [0.25, 0.3) is 5.91 Å². The Morgan fingerprint density at radius 3 is 2.81 bits per heavy atom. The average Bonchev–Trinajstić information content (AvgIpc) is 3.06. The van der Waals surface area contributed by atoms with E-state index < -0.39 is 0 Å². The Morgan fingerprint density at radius 2 is 2.04 bits per heavy atom. The predicted molar refractivity (Wildman–Crippen MR) is 96.0 cm³/mol. The number of amides is 1. The maximum atomic E-state index is 13.0. The van der Waals surface area contributed by atoms with E-state index in [1.54, 1.807) is 11.1 Å². The fourth-order valence-corrected chi connectivity index (χ4v) is 3.34. The van der Waals surface area contributed by atoms with Crippen molar-refractivity contribution < 1.29 is 9.53 Å². The molecule has 4 heterocycles. The minimum atomic E-state index is -0.244. The largest absolute Gasteiger partial charge is 0.368 e. The lowest BCUT2D eigenvalue weighted by Crippen LogP contribution is -2.42. The molecular weight excluding hydrogens is 330 g/mol. The minimum absolute atomic E-state index is 0.0797. The summed E-state index contributed by atoms with van der Waals surface area (Å²) in [5.74, 6) is 0.631. The van der Waals surface area contributed by atoms with Gasteiger partial charge in [0.1, 0.15) is 23.3 Å². The molecule has 134 valence electrons. The number of imidazole rings is 1. The number of carbonyl (C=O) groups excluding carboxylic acids is 1. The second-order valence-electron chi connectivity index (χ2n) is 6.61. The number of nitrogens with zero attached hydrogens (tertiary/aromatic N) is 5. The molecule has 1 aliphatic heterocycles. The van der Waals surface area contributed by atoms with Crippen LogP contribution in [0.5, 0.6) is 0 Å². The topological polar surface area (TPSA) is 72.6 Å². The van der Waals surface area contributed by atoms with E-state index >= 15 is 0 Å². The zero-order chi connectivity index (χ0) is 18.3. The van der Waals surface area contributed by atoms with Crippen molar-refractivity contribution in [2.75, 3.05) is 19.7 Å². The molecular formula is C19H21N5O2. The van der Waals surface area contributed by atoms with E-state index in [0.29, 0.717) is 31.2 Å². The number of rotatable bonds is 2. The van der Waals surface area contributed by atoms with Crippen molar-refractivity contribution in [1.82, 2.24) is 24.3 Å². The number of fused-ring (bicyclic) bond motifs is 1. The molecule has 1 fully saturated rings. The molecule has 0 aliphatic carbocycles. The predicted octanol–water partition coefficient (Wildman–Crippen LogP) is 2.26. The van der Waals surface area contributed by atoms with Gasteiger partial charge in [-0.05, 0) is 39.0 Å². The molecule has 3 aromatic heterocycles. The number of morpholine rings is 1. The SMILES string of the molecule is Cc1cc([C@H]2CN(C(=O)c3cn4c(C)cccc4n3)CCO2)nc(C)n1. The van der Waals surface area contributed by atoms with Gasteiger partial charge in [-0.2, -0.15) is 0 Å². The van der Waals surface area contributed by atoms with Crippen LogP contribution in [0.4, 0.5) is 0 Å². The third kappa shape index (κ3) is 3.06. The fourth-order valence-electron chi connectivity index (χ4n) is 3.34. The summed E-state index contributed by atoms with van der Waals surface area (Å²) >= 11 is 0. The van der Waals surface area contributed by atoms with Crippen LogP contribution in [0.25, 0.3) is 5.65 Å². The lowest BCUT2D eigenvalue weighted by Gasteiger charge is -2.32. The molecule has 0 saturated carbocycles. The Hall–Kier alpha value is -2.80. The molecule has 0 spiro atoms. The molecule has 1 saturated heterocycles. The second kappa shape index (κ2) is 6.49. The first-order valence-corrected chi connectivity index (χ1v) is 8.69. The normalized spacial score (nSPS) is 17.7. The average molecular weight is 351 g/mol. The van der Waals surface area contributed by atoms with Crippen LogP contribution < -0.4 is 0 Å². The number of ether oxygens (including phenoxy) is 1. The van der Waals surface area contributed by atoms with Crippen LogP contribution in [0.2, 0.25) is 0 Å². The van der Waals surface area contributed by atoms with Crippen molar-refractivity contribution in [2.24, 2.45) is 0 Å². The summed E-state index contributed by atoms with van der Waals surface area (Å²) in [6.45, 7) is 7.27. The highest BCUT2D eigenvalue weighted by Crippen LogP contribution is 2.22. The molecule has 7 nitrogen and oxygen atoms in total. The smallest absolute Gasteiger partial charge is 0.274 e. The van der Waals surface area contributed by atoms with E-state index in [9.17, 15) is 4.79 Å². The molecule has 0 N–H and O–H groups in total. The molecule has 1 atom stereocenters. The first kappa shape index (κ1) is 16.7. The molecule has 3 aromatic rings. The number of carbonyl (C=O) groups is 1. The highest BCUT2D eigenvalue weighted by molar-refractivity contribution is 5.93. The number of hydrogen-bond donors (Lipinski definition) is 0. The van der Waals surface area contributed by atoms with Crippen molar-refractivity contribution in [3.8, 4) is 0 Å². The highest BCUT2D eigenvalue weighted by Gasteiger charge is 2.28. The van der Waals surface area contributed by atoms with E-state index in [1.807, 2.05) is 49.4 Å². The Kier molecular flexibility index (Phi) is 4.16. The molecule has 0 aromatic carbocycles. The third-order valence-electron chi connectivity index (χ3n) is 4.58. The van der Waals surface area contributed by atoms with E-state index in [0.717, 1.165) is 22.7 Å². The van der Waals surface area contributed by atoms with Crippen molar-refractivity contribution >= 4 is 11.6 Å². The van der Waals surface area contributed by atoms with Gasteiger partial charge in [0.15, 0.2) is 0 Å². The first-order chi connectivity index (χ1) is 12.5. The van der Waals surface area contributed by atoms with Crippen molar-refractivity contribution in [3.63, 3.8) is 0 Å². The summed E-state index contributed by atoms with van der Waals surface area (Å²) in [6.07, 6.45) is 1.56. The minimum Gasteiger partial charge on any atom is -0.368 e. The van der Waals surface area contributed by atoms with E-state index in [4.69, 9.17) is 4.74 Å². The molecule has 7 heteroatoms. The quantitative estimate of drug-likeness (QED) is 0.708. The maximum Gasteiger partial charge on any atom is 0.274 e. The van der Waals surface area contributed by atoms with Crippen molar-refractivity contribution in [2.45, 2.75) is 26.9 Å². The van der Waals surface area contributed by atoms with Crippen LogP contribution in [-0.4, -0.2) is 49.9 Å². The molecule has 0 bridgehead atoms. The van der Waals surface area contributed by atoms with Crippen LogP contribution in [0.15, 0.2) is 30.5 Å². The Bertz CT molecular complexity index is 961. The molecule has 0 unspecified atom stereocenters. The highest BCUT2D eigenvalue weighted by atomic mass is 16.5. The Morgan fingerprint density at radius 1 is 1.19 bits per heavy atom. The van der Waals surface area contributed by atoms with Crippen LogP contribution in [0, 0.1) is 20.8 Å². The third-order valence-corrected chi connectivity index (χ3v) is 4.58. The fraction of sp³-hybridized carbons (Fsp3) is 0.368. The molecule has 4 rings (SSSR count). The van der Waals surface area contributed by atoms with Crippen LogP contribution in [0.1, 0.15) is 39.5 Å². The zero-order valence-corrected chi connectivity index (χ0v) is 15.1. The first-order valence-electron chi connectivity index (χ1n) is 8.69. The standard InChI is InChI=1S/C19H21N5O2/c1-12-9-15(21-14(3)20-12)17-11-23(7-8-26-17)19(25)16-10-24-13(2)5-4-6-18(24)22-16/h4-6,9-10,17H,7-8,11H2,1-3H3/t17-/m1/s1. The van der Waals surface area contributed by atoms with Gasteiger partial charge in [0.2, 0.25) is 0 Å². The van der Waals surface area contributed by atoms with Gasteiger partial charge in [-0.15, -0.1) is 0 Å². The molecule has 26 heavy (non-hydrogen) atoms. The summed E-state index contributed by atoms with van der Waals surface area (Å²) in [5.41, 5.74) is 3.99. The van der Waals surface area contributed by atoms with E-state index in [1.165, 1.54) is 0 Å². The van der Waals surface area contributed by atoms with Crippen LogP contribution >= 0.6 is 0 Å². The zero-order valence-electron chi connectivity index (χ0n) is 15.1.